The number of pyridine rings is 2. The van der Waals surface area contributed by atoms with Crippen LogP contribution in [0.1, 0.15) is 17.9 Å². The Labute approximate surface area is 178 Å². The average Bonchev–Trinajstić information content (AvgIpc) is 3.26. The van der Waals surface area contributed by atoms with Crippen molar-refractivity contribution in [1.82, 2.24) is 15.3 Å². The third-order valence-corrected chi connectivity index (χ3v) is 6.74. The van der Waals surface area contributed by atoms with Crippen molar-refractivity contribution < 1.29 is 0 Å². The second kappa shape index (κ2) is 9.08. The van der Waals surface area contributed by atoms with Gasteiger partial charge in [-0.3, -0.25) is 0 Å². The summed E-state index contributed by atoms with van der Waals surface area (Å²) in [4.78, 5) is 8.89. The molecule has 4 rings (SSSR count). The fourth-order valence-electron chi connectivity index (χ4n) is 3.56. The molecule has 3 aromatic rings. The highest BCUT2D eigenvalue weighted by Crippen LogP contribution is 2.32. The molecule has 7 heteroatoms. The predicted octanol–water partition coefficient (Wildman–Crippen LogP) is 5.06. The molecule has 1 atom stereocenters. The van der Waals surface area contributed by atoms with E-state index in [4.69, 9.17) is 11.6 Å². The van der Waals surface area contributed by atoms with Crippen molar-refractivity contribution in [2.24, 2.45) is 0 Å². The van der Waals surface area contributed by atoms with E-state index in [-0.39, 0.29) is 7.92 Å². The van der Waals surface area contributed by atoms with E-state index in [1.165, 1.54) is 10.9 Å². The molecular formula is C22H25ClN5P. The van der Waals surface area contributed by atoms with Crippen LogP contribution in [-0.4, -0.2) is 36.4 Å². The second-order valence-electron chi connectivity index (χ2n) is 7.38. The van der Waals surface area contributed by atoms with Crippen molar-refractivity contribution >= 4 is 47.8 Å². The maximum atomic E-state index is 6.42. The third kappa shape index (κ3) is 4.87. The SMILES string of the molecule is CP(C)c1ccccc1Nc1cc(Nc2cc(C3CCNC3)ccn2)ncc1Cl. The smallest absolute Gasteiger partial charge is 0.133 e. The van der Waals surface area contributed by atoms with E-state index in [0.717, 1.165) is 36.7 Å². The van der Waals surface area contributed by atoms with Crippen molar-refractivity contribution in [2.75, 3.05) is 37.1 Å². The summed E-state index contributed by atoms with van der Waals surface area (Å²) in [5.41, 5.74) is 3.20. The van der Waals surface area contributed by atoms with Crippen molar-refractivity contribution in [3.05, 3.63) is 65.4 Å². The van der Waals surface area contributed by atoms with Crippen LogP contribution in [0.25, 0.3) is 0 Å². The van der Waals surface area contributed by atoms with Crippen LogP contribution in [-0.2, 0) is 0 Å². The highest BCUT2D eigenvalue weighted by molar-refractivity contribution is 7.64. The van der Waals surface area contributed by atoms with Crippen LogP contribution >= 0.6 is 19.5 Å². The number of rotatable bonds is 6. The number of anilines is 4. The molecule has 1 aliphatic rings. The number of hydrogen-bond acceptors (Lipinski definition) is 5. The first-order valence-corrected chi connectivity index (χ1v) is 12.3. The highest BCUT2D eigenvalue weighted by atomic mass is 35.5. The van der Waals surface area contributed by atoms with Crippen molar-refractivity contribution in [3.63, 3.8) is 0 Å². The Bertz CT molecular complexity index is 988. The maximum Gasteiger partial charge on any atom is 0.133 e. The molecule has 0 bridgehead atoms. The molecule has 3 heterocycles. The summed E-state index contributed by atoms with van der Waals surface area (Å²) in [6, 6.07) is 14.5. The molecule has 150 valence electrons. The lowest BCUT2D eigenvalue weighted by Crippen LogP contribution is -2.08. The number of hydrogen-bond donors (Lipinski definition) is 3. The number of halogens is 1. The molecule has 1 unspecified atom stereocenters. The molecule has 1 saturated heterocycles. The van der Waals surface area contributed by atoms with Crippen LogP contribution in [0.4, 0.5) is 23.0 Å². The van der Waals surface area contributed by atoms with Gasteiger partial charge in [0.2, 0.25) is 0 Å². The van der Waals surface area contributed by atoms with E-state index in [9.17, 15) is 0 Å². The molecule has 0 radical (unpaired) electrons. The zero-order valence-electron chi connectivity index (χ0n) is 16.6. The first-order chi connectivity index (χ1) is 14.1. The van der Waals surface area contributed by atoms with Crippen LogP contribution in [0.5, 0.6) is 0 Å². The summed E-state index contributed by atoms with van der Waals surface area (Å²) in [5.74, 6) is 2.04. The summed E-state index contributed by atoms with van der Waals surface area (Å²) in [6.45, 7) is 6.58. The van der Waals surface area contributed by atoms with Gasteiger partial charge in [-0.05, 0) is 61.3 Å². The molecule has 0 amide bonds. The minimum Gasteiger partial charge on any atom is -0.354 e. The number of benzene rings is 1. The molecule has 0 aliphatic carbocycles. The van der Waals surface area contributed by atoms with Gasteiger partial charge in [-0.1, -0.05) is 37.7 Å². The Morgan fingerprint density at radius 1 is 1.03 bits per heavy atom. The Morgan fingerprint density at radius 2 is 1.86 bits per heavy atom. The van der Waals surface area contributed by atoms with Crippen molar-refractivity contribution in [1.29, 1.82) is 0 Å². The molecule has 0 saturated carbocycles. The normalized spacial score (nSPS) is 16.2. The zero-order chi connectivity index (χ0) is 20.2. The van der Waals surface area contributed by atoms with Crippen LogP contribution in [0.3, 0.4) is 0 Å². The Balaban J connectivity index is 1.55. The lowest BCUT2D eigenvalue weighted by Gasteiger charge is -2.16. The van der Waals surface area contributed by atoms with E-state index in [0.29, 0.717) is 16.8 Å². The van der Waals surface area contributed by atoms with Gasteiger partial charge in [0.1, 0.15) is 11.6 Å². The van der Waals surface area contributed by atoms with Crippen LogP contribution < -0.4 is 21.3 Å². The molecule has 1 fully saturated rings. The summed E-state index contributed by atoms with van der Waals surface area (Å²) >= 11 is 6.42. The Morgan fingerprint density at radius 3 is 2.66 bits per heavy atom. The average molecular weight is 426 g/mol. The van der Waals surface area contributed by atoms with E-state index in [2.05, 4.69) is 69.6 Å². The van der Waals surface area contributed by atoms with Gasteiger partial charge in [0.15, 0.2) is 0 Å². The Hall–Kier alpha value is -2.20. The second-order valence-corrected chi connectivity index (χ2v) is 10.1. The zero-order valence-corrected chi connectivity index (χ0v) is 18.3. The molecule has 1 aliphatic heterocycles. The van der Waals surface area contributed by atoms with Gasteiger partial charge in [0, 0.05) is 24.5 Å². The van der Waals surface area contributed by atoms with E-state index in [1.54, 1.807) is 6.20 Å². The van der Waals surface area contributed by atoms with E-state index in [1.807, 2.05) is 18.3 Å². The predicted molar refractivity (Wildman–Crippen MR) is 125 cm³/mol. The van der Waals surface area contributed by atoms with Gasteiger partial charge in [0.25, 0.3) is 0 Å². The molecule has 0 spiro atoms. The largest absolute Gasteiger partial charge is 0.354 e. The standard InChI is InChI=1S/C22H25ClN5P/c1-29(2)20-6-4-3-5-18(20)27-19-12-22(26-14-17(19)23)28-21-11-15(8-10-25-21)16-7-9-24-13-16/h3-6,8,10-12,14,16,24H,7,9,13H2,1-2H3,(H2,25,26,27,28). The fraction of sp³-hybridized carbons (Fsp3) is 0.273. The lowest BCUT2D eigenvalue weighted by molar-refractivity contribution is 0.762. The lowest BCUT2D eigenvalue weighted by atomic mass is 10.00. The van der Waals surface area contributed by atoms with Crippen LogP contribution in [0, 0.1) is 0 Å². The van der Waals surface area contributed by atoms with Gasteiger partial charge in [-0.25, -0.2) is 9.97 Å². The quantitative estimate of drug-likeness (QED) is 0.482. The maximum absolute atomic E-state index is 6.42. The number of nitrogens with zero attached hydrogens (tertiary/aromatic N) is 2. The van der Waals surface area contributed by atoms with Gasteiger partial charge >= 0.3 is 0 Å². The van der Waals surface area contributed by atoms with Gasteiger partial charge in [-0.2, -0.15) is 0 Å². The topological polar surface area (TPSA) is 61.9 Å². The number of aromatic nitrogens is 2. The molecule has 1 aromatic carbocycles. The van der Waals surface area contributed by atoms with Gasteiger partial charge < -0.3 is 16.0 Å². The first kappa shape index (κ1) is 20.1. The number of nitrogens with one attached hydrogen (secondary N) is 3. The first-order valence-electron chi connectivity index (χ1n) is 9.73. The molecule has 5 nitrogen and oxygen atoms in total. The monoisotopic (exact) mass is 425 g/mol. The minimum atomic E-state index is -0.230. The Kier molecular flexibility index (Phi) is 6.29. The van der Waals surface area contributed by atoms with E-state index < -0.39 is 0 Å². The van der Waals surface area contributed by atoms with Crippen molar-refractivity contribution in [2.45, 2.75) is 12.3 Å². The molecule has 3 N–H and O–H groups in total. The van der Waals surface area contributed by atoms with Crippen LogP contribution in [0.15, 0.2) is 54.9 Å². The summed E-state index contributed by atoms with van der Waals surface area (Å²) < 4.78 is 0. The molecule has 29 heavy (non-hydrogen) atoms. The molecule has 2 aromatic heterocycles. The molecular weight excluding hydrogens is 401 g/mol. The highest BCUT2D eigenvalue weighted by Gasteiger charge is 2.17. The summed E-state index contributed by atoms with van der Waals surface area (Å²) in [7, 11) is -0.230. The summed E-state index contributed by atoms with van der Waals surface area (Å²) in [5, 5.41) is 12.1. The van der Waals surface area contributed by atoms with Gasteiger partial charge in [0.05, 0.1) is 16.9 Å². The minimum absolute atomic E-state index is 0.230. The summed E-state index contributed by atoms with van der Waals surface area (Å²) in [6.07, 6.45) is 4.68. The third-order valence-electron chi connectivity index (χ3n) is 5.08. The van der Waals surface area contributed by atoms with Crippen molar-refractivity contribution in [3.8, 4) is 0 Å². The fourth-order valence-corrected chi connectivity index (χ4v) is 4.70. The van der Waals surface area contributed by atoms with Gasteiger partial charge in [-0.15, -0.1) is 0 Å². The number of para-hydroxylation sites is 1. The van der Waals surface area contributed by atoms with Crippen LogP contribution in [0.2, 0.25) is 5.02 Å². The van der Waals surface area contributed by atoms with E-state index >= 15 is 0 Å².